The maximum atomic E-state index is 6.00. The van der Waals surface area contributed by atoms with E-state index in [9.17, 15) is 0 Å². The third-order valence-corrected chi connectivity index (χ3v) is 2.28. The van der Waals surface area contributed by atoms with E-state index in [2.05, 4.69) is 13.8 Å². The predicted molar refractivity (Wildman–Crippen MR) is 53.3 cm³/mol. The Morgan fingerprint density at radius 3 is 2.42 bits per heavy atom. The molecule has 2 N–H and O–H groups in total. The Labute approximate surface area is 79.7 Å². The van der Waals surface area contributed by atoms with E-state index in [0.717, 1.165) is 12.8 Å². The topological polar surface area (TPSA) is 35.2 Å². The van der Waals surface area contributed by atoms with Crippen molar-refractivity contribution in [2.45, 2.75) is 32.2 Å². The Hall–Kier alpha value is -0.0500. The van der Waals surface area contributed by atoms with Gasteiger partial charge in [0.1, 0.15) is 0 Å². The summed E-state index contributed by atoms with van der Waals surface area (Å²) in [4.78, 5) is 0. The number of halogens is 1. The lowest BCUT2D eigenvalue weighted by atomic mass is 9.96. The Balaban J connectivity index is 3.58. The van der Waals surface area contributed by atoms with Crippen LogP contribution in [0.25, 0.3) is 0 Å². The molecule has 0 spiro atoms. The molecule has 0 aromatic rings. The van der Waals surface area contributed by atoms with Gasteiger partial charge >= 0.3 is 0 Å². The Bertz CT molecular complexity index is 132. The molecule has 0 amide bonds. The van der Waals surface area contributed by atoms with Crippen LogP contribution in [0.1, 0.15) is 26.7 Å². The molecular weight excluding hydrogens is 174 g/mol. The number of hydrogen-bond donors (Lipinski definition) is 1. The van der Waals surface area contributed by atoms with E-state index in [4.69, 9.17) is 22.1 Å². The lowest BCUT2D eigenvalue weighted by Gasteiger charge is -2.25. The summed E-state index contributed by atoms with van der Waals surface area (Å²) in [5.74, 6) is 0. The summed E-state index contributed by atoms with van der Waals surface area (Å²) in [7, 11) is 0. The van der Waals surface area contributed by atoms with E-state index in [0.29, 0.717) is 13.2 Å². The van der Waals surface area contributed by atoms with Crippen molar-refractivity contribution in [3.8, 4) is 0 Å². The highest BCUT2D eigenvalue weighted by Gasteiger charge is 2.19. The molecule has 0 rings (SSSR count). The van der Waals surface area contributed by atoms with Crippen LogP contribution in [0.15, 0.2) is 11.6 Å². The van der Waals surface area contributed by atoms with Crippen molar-refractivity contribution in [3.05, 3.63) is 11.6 Å². The summed E-state index contributed by atoms with van der Waals surface area (Å²) >= 11 is 5.33. The molecule has 0 bridgehead atoms. The quantitative estimate of drug-likeness (QED) is 0.654. The fraction of sp³-hybridized carbons (Fsp3) is 0.778. The van der Waals surface area contributed by atoms with Gasteiger partial charge in [-0.05, 0) is 18.9 Å². The van der Waals surface area contributed by atoms with E-state index >= 15 is 0 Å². The van der Waals surface area contributed by atoms with Gasteiger partial charge in [0.05, 0.1) is 13.2 Å². The zero-order chi connectivity index (χ0) is 9.45. The van der Waals surface area contributed by atoms with E-state index in [-0.39, 0.29) is 5.54 Å². The largest absolute Gasteiger partial charge is 0.375 e. The van der Waals surface area contributed by atoms with Crippen molar-refractivity contribution in [2.75, 3.05) is 13.2 Å². The summed E-state index contributed by atoms with van der Waals surface area (Å²) < 4.78 is 5.32. The van der Waals surface area contributed by atoms with E-state index in [1.54, 1.807) is 6.08 Å². The van der Waals surface area contributed by atoms with Gasteiger partial charge in [-0.1, -0.05) is 25.4 Å². The first-order valence-corrected chi connectivity index (χ1v) is 4.74. The van der Waals surface area contributed by atoms with E-state index in [1.807, 2.05) is 0 Å². The highest BCUT2D eigenvalue weighted by atomic mass is 35.5. The highest BCUT2D eigenvalue weighted by Crippen LogP contribution is 2.11. The second-order valence-electron chi connectivity index (χ2n) is 2.95. The van der Waals surface area contributed by atoms with Crippen LogP contribution in [0.5, 0.6) is 0 Å². The van der Waals surface area contributed by atoms with Crippen molar-refractivity contribution < 1.29 is 4.74 Å². The molecule has 0 saturated carbocycles. The molecule has 72 valence electrons. The minimum Gasteiger partial charge on any atom is -0.375 e. The van der Waals surface area contributed by atoms with Gasteiger partial charge in [0.2, 0.25) is 0 Å². The summed E-state index contributed by atoms with van der Waals surface area (Å²) in [5, 5.41) is 0. The Morgan fingerprint density at radius 1 is 1.42 bits per heavy atom. The fourth-order valence-electron chi connectivity index (χ4n) is 0.821. The third kappa shape index (κ3) is 4.75. The molecule has 12 heavy (non-hydrogen) atoms. The zero-order valence-electron chi connectivity index (χ0n) is 7.85. The Kier molecular flexibility index (Phi) is 6.44. The SMILES string of the molecule is CCC(N)(CC)COCC=CCl. The first-order chi connectivity index (χ1) is 5.68. The molecule has 0 aromatic heterocycles. The van der Waals surface area contributed by atoms with E-state index in [1.165, 1.54) is 5.54 Å². The molecule has 2 nitrogen and oxygen atoms in total. The van der Waals surface area contributed by atoms with Crippen molar-refractivity contribution in [1.82, 2.24) is 0 Å². The van der Waals surface area contributed by atoms with Crippen LogP contribution in [0.2, 0.25) is 0 Å². The van der Waals surface area contributed by atoms with Gasteiger partial charge in [-0.2, -0.15) is 0 Å². The molecule has 3 heteroatoms. The van der Waals surface area contributed by atoms with Crippen LogP contribution in [-0.4, -0.2) is 18.8 Å². The molecule has 0 radical (unpaired) electrons. The van der Waals surface area contributed by atoms with Crippen LogP contribution < -0.4 is 5.73 Å². The fourth-order valence-corrected chi connectivity index (χ4v) is 0.893. The molecule has 0 saturated heterocycles. The number of nitrogens with two attached hydrogens (primary N) is 1. The second-order valence-corrected chi connectivity index (χ2v) is 3.20. The van der Waals surface area contributed by atoms with Crippen molar-refractivity contribution in [3.63, 3.8) is 0 Å². The molecule has 0 unspecified atom stereocenters. The lowest BCUT2D eigenvalue weighted by Crippen LogP contribution is -2.43. The first kappa shape index (κ1) is 11.9. The molecule has 0 atom stereocenters. The zero-order valence-corrected chi connectivity index (χ0v) is 8.60. The average molecular weight is 192 g/mol. The van der Waals surface area contributed by atoms with Crippen LogP contribution in [-0.2, 0) is 4.74 Å². The van der Waals surface area contributed by atoms with Gasteiger partial charge in [-0.15, -0.1) is 0 Å². The van der Waals surface area contributed by atoms with E-state index < -0.39 is 0 Å². The normalized spacial score (nSPS) is 12.7. The molecule has 0 aliphatic heterocycles. The maximum Gasteiger partial charge on any atom is 0.0659 e. The van der Waals surface area contributed by atoms with Crippen molar-refractivity contribution in [1.29, 1.82) is 0 Å². The van der Waals surface area contributed by atoms with Crippen LogP contribution in [0.3, 0.4) is 0 Å². The second kappa shape index (κ2) is 6.46. The predicted octanol–water partition coefficient (Wildman–Crippen LogP) is 2.27. The van der Waals surface area contributed by atoms with Gasteiger partial charge in [-0.25, -0.2) is 0 Å². The van der Waals surface area contributed by atoms with Crippen LogP contribution in [0, 0.1) is 0 Å². The molecular formula is C9H18ClNO. The summed E-state index contributed by atoms with van der Waals surface area (Å²) in [5.41, 5.74) is 7.28. The monoisotopic (exact) mass is 191 g/mol. The smallest absolute Gasteiger partial charge is 0.0659 e. The van der Waals surface area contributed by atoms with Gasteiger partial charge in [-0.3, -0.25) is 0 Å². The maximum absolute atomic E-state index is 6.00. The third-order valence-electron chi connectivity index (χ3n) is 2.10. The highest BCUT2D eigenvalue weighted by molar-refractivity contribution is 6.25. The number of ether oxygens (including phenoxy) is 1. The minimum absolute atomic E-state index is 0.167. The molecule has 0 aliphatic rings. The first-order valence-electron chi connectivity index (χ1n) is 4.30. The van der Waals surface area contributed by atoms with Crippen LogP contribution in [0.4, 0.5) is 0 Å². The summed E-state index contributed by atoms with van der Waals surface area (Å²) in [6.07, 6.45) is 3.63. The van der Waals surface area contributed by atoms with Gasteiger partial charge in [0.25, 0.3) is 0 Å². The standard InChI is InChI=1S/C9H18ClNO/c1-3-9(11,4-2)8-12-7-5-6-10/h5-6H,3-4,7-8,11H2,1-2H3. The molecule has 0 heterocycles. The minimum atomic E-state index is -0.167. The van der Waals surface area contributed by atoms with Crippen LogP contribution >= 0.6 is 11.6 Å². The molecule has 0 fully saturated rings. The number of rotatable bonds is 6. The summed E-state index contributed by atoms with van der Waals surface area (Å²) in [6.45, 7) is 5.29. The average Bonchev–Trinajstić information content (AvgIpc) is 2.12. The lowest BCUT2D eigenvalue weighted by molar-refractivity contribution is 0.101. The number of hydrogen-bond acceptors (Lipinski definition) is 2. The van der Waals surface area contributed by atoms with Crippen molar-refractivity contribution in [2.24, 2.45) is 5.73 Å². The van der Waals surface area contributed by atoms with Gasteiger partial charge in [0.15, 0.2) is 0 Å². The molecule has 0 aromatic carbocycles. The Morgan fingerprint density at radius 2 is 2.00 bits per heavy atom. The molecule has 0 aliphatic carbocycles. The van der Waals surface area contributed by atoms with Gasteiger partial charge in [0, 0.05) is 11.1 Å². The van der Waals surface area contributed by atoms with Gasteiger partial charge < -0.3 is 10.5 Å². The summed E-state index contributed by atoms with van der Waals surface area (Å²) in [6, 6.07) is 0. The van der Waals surface area contributed by atoms with Crippen molar-refractivity contribution >= 4 is 11.6 Å².